The second kappa shape index (κ2) is 21.9. The van der Waals surface area contributed by atoms with E-state index in [4.69, 9.17) is 27.8 Å². The molecule has 0 bridgehead atoms. The lowest BCUT2D eigenvalue weighted by atomic mass is 9.87. The maximum absolute atomic E-state index is 13.7. The van der Waals surface area contributed by atoms with Gasteiger partial charge in [-0.25, -0.2) is 19.2 Å². The van der Waals surface area contributed by atoms with Crippen molar-refractivity contribution in [1.82, 2.24) is 10.6 Å². The molecule has 63 heavy (non-hydrogen) atoms. The molecule has 338 valence electrons. The molecular formula is C49H64N2O10Si2. The van der Waals surface area contributed by atoms with Crippen LogP contribution in [0.4, 0.5) is 9.59 Å². The van der Waals surface area contributed by atoms with Gasteiger partial charge < -0.3 is 38.4 Å². The Bertz CT molecular complexity index is 1940. The first-order valence-corrected chi connectivity index (χ1v) is 23.9. The largest absolute Gasteiger partial charge is 0.444 e. The SMILES string of the molecule is CC(C)(C)OC(=O)N[C@@H](CO[Si](c1ccccc1)c1ccc(C(C)(C)C)cc1)C(=O)OCOC(=O)[C@H](CO[Si](c1ccccc1)c1ccc(C(C)(C)C)cc1)NC(=O)OC(C)(C)C. The molecule has 0 aliphatic heterocycles. The van der Waals surface area contributed by atoms with Crippen LogP contribution in [0, 0.1) is 0 Å². The molecule has 0 aliphatic carbocycles. The van der Waals surface area contributed by atoms with E-state index in [1.165, 1.54) is 0 Å². The van der Waals surface area contributed by atoms with Gasteiger partial charge in [-0.1, -0.05) is 151 Å². The molecule has 2 radical (unpaired) electrons. The summed E-state index contributed by atoms with van der Waals surface area (Å²) in [7, 11) is -3.88. The Labute approximate surface area is 376 Å². The van der Waals surface area contributed by atoms with Gasteiger partial charge in [0.2, 0.25) is 6.79 Å². The maximum Gasteiger partial charge on any atom is 0.408 e. The van der Waals surface area contributed by atoms with Crippen LogP contribution in [-0.4, -0.2) is 85.5 Å². The van der Waals surface area contributed by atoms with Crippen LogP contribution >= 0.6 is 0 Å². The molecule has 0 aliphatic rings. The van der Waals surface area contributed by atoms with Crippen molar-refractivity contribution in [3.05, 3.63) is 120 Å². The maximum atomic E-state index is 13.7. The molecule has 0 unspecified atom stereocenters. The van der Waals surface area contributed by atoms with Gasteiger partial charge in [0.25, 0.3) is 18.1 Å². The minimum Gasteiger partial charge on any atom is -0.444 e. The molecule has 12 nitrogen and oxygen atoms in total. The summed E-state index contributed by atoms with van der Waals surface area (Å²) in [6.45, 7) is 21.6. The van der Waals surface area contributed by atoms with E-state index in [-0.39, 0.29) is 24.0 Å². The van der Waals surface area contributed by atoms with Gasteiger partial charge >= 0.3 is 24.1 Å². The van der Waals surface area contributed by atoms with Crippen molar-refractivity contribution in [2.75, 3.05) is 20.0 Å². The van der Waals surface area contributed by atoms with E-state index in [1.807, 2.05) is 84.9 Å². The van der Waals surface area contributed by atoms with Crippen LogP contribution in [0.25, 0.3) is 0 Å². The number of carbonyl (C=O) groups is 4. The van der Waals surface area contributed by atoms with E-state index in [2.05, 4.69) is 76.4 Å². The number of ether oxygens (including phenoxy) is 4. The molecule has 2 atom stereocenters. The molecule has 4 aromatic carbocycles. The van der Waals surface area contributed by atoms with Gasteiger partial charge in [-0.3, -0.25) is 0 Å². The third-order valence-corrected chi connectivity index (χ3v) is 13.6. The Balaban J connectivity index is 1.53. The highest BCUT2D eigenvalue weighted by Crippen LogP contribution is 2.22. The summed E-state index contributed by atoms with van der Waals surface area (Å²) in [5.74, 6) is -1.88. The Morgan fingerprint density at radius 1 is 0.460 bits per heavy atom. The molecular weight excluding hydrogens is 833 g/mol. The Hall–Kier alpha value is -5.29. The van der Waals surface area contributed by atoms with Crippen molar-refractivity contribution in [2.45, 2.75) is 117 Å². The molecule has 0 fully saturated rings. The predicted molar refractivity (Wildman–Crippen MR) is 248 cm³/mol. The Morgan fingerprint density at radius 2 is 0.762 bits per heavy atom. The van der Waals surface area contributed by atoms with E-state index in [1.54, 1.807) is 41.5 Å². The quantitative estimate of drug-likeness (QED) is 0.0590. The van der Waals surface area contributed by atoms with Crippen LogP contribution in [0.15, 0.2) is 109 Å². The zero-order valence-electron chi connectivity index (χ0n) is 38.8. The zero-order chi connectivity index (χ0) is 46.6. The van der Waals surface area contributed by atoms with E-state index >= 15 is 0 Å². The second-order valence-electron chi connectivity index (χ2n) is 19.1. The lowest BCUT2D eigenvalue weighted by Crippen LogP contribution is -2.52. The zero-order valence-corrected chi connectivity index (χ0v) is 40.8. The fourth-order valence-corrected chi connectivity index (χ4v) is 9.94. The number of rotatable bonds is 16. The average Bonchev–Trinajstić information content (AvgIpc) is 3.19. The fraction of sp³-hybridized carbons (Fsp3) is 0.429. The lowest BCUT2D eigenvalue weighted by molar-refractivity contribution is -0.171. The average molecular weight is 897 g/mol. The summed E-state index contributed by atoms with van der Waals surface area (Å²) in [6, 6.07) is 32.9. The third kappa shape index (κ3) is 16.7. The van der Waals surface area contributed by atoms with Crippen molar-refractivity contribution in [1.29, 1.82) is 0 Å². The molecule has 0 saturated carbocycles. The van der Waals surface area contributed by atoms with Crippen molar-refractivity contribution in [3.8, 4) is 0 Å². The smallest absolute Gasteiger partial charge is 0.408 e. The molecule has 0 spiro atoms. The molecule has 4 rings (SSSR count). The number of hydrogen-bond acceptors (Lipinski definition) is 10. The molecule has 0 saturated heterocycles. The minimum atomic E-state index is -1.94. The number of nitrogens with one attached hydrogen (secondary N) is 2. The summed E-state index contributed by atoms with van der Waals surface area (Å²) in [5.41, 5.74) is 0.469. The highest BCUT2D eigenvalue weighted by Gasteiger charge is 2.32. The molecule has 2 N–H and O–H groups in total. The number of benzene rings is 4. The van der Waals surface area contributed by atoms with Gasteiger partial charge in [0, 0.05) is 0 Å². The first kappa shape index (κ1) is 50.4. The number of carbonyl (C=O) groups excluding carboxylic acids is 4. The van der Waals surface area contributed by atoms with Gasteiger partial charge in [-0.05, 0) is 84.2 Å². The number of amides is 2. The first-order chi connectivity index (χ1) is 29.4. The molecule has 14 heteroatoms. The van der Waals surface area contributed by atoms with Gasteiger partial charge in [0.15, 0.2) is 12.1 Å². The minimum absolute atomic E-state index is 0.0573. The van der Waals surface area contributed by atoms with Crippen molar-refractivity contribution < 1.29 is 47.0 Å². The Morgan fingerprint density at radius 3 is 1.05 bits per heavy atom. The van der Waals surface area contributed by atoms with E-state index in [0.29, 0.717) is 0 Å². The van der Waals surface area contributed by atoms with Gasteiger partial charge in [-0.2, -0.15) is 0 Å². The van der Waals surface area contributed by atoms with Crippen LogP contribution in [-0.2, 0) is 48.2 Å². The summed E-state index contributed by atoms with van der Waals surface area (Å²) in [6.07, 6.45) is -1.73. The highest BCUT2D eigenvalue weighted by atomic mass is 28.3. The van der Waals surface area contributed by atoms with Gasteiger partial charge in [-0.15, -0.1) is 0 Å². The van der Waals surface area contributed by atoms with Crippen molar-refractivity contribution in [3.63, 3.8) is 0 Å². The summed E-state index contributed by atoms with van der Waals surface area (Å²) < 4.78 is 34.8. The van der Waals surface area contributed by atoms with Crippen LogP contribution in [0.3, 0.4) is 0 Å². The normalized spacial score (nSPS) is 13.2. The van der Waals surface area contributed by atoms with Gasteiger partial charge in [0.1, 0.15) is 11.2 Å². The monoisotopic (exact) mass is 896 g/mol. The standard InChI is InChI=1S/C49H64N2O10Si2/c1-46(2,3)34-23-27-38(28-24-34)62(36-19-15-13-16-20-36)58-31-40(50-44(54)60-48(7,8)9)42(52)56-33-57-43(53)41(51-45(55)61-49(10,11)12)32-59-63(37-21-17-14-18-22-37)39-29-25-35(26-30-39)47(4,5)6/h13-30,40-41H,31-33H2,1-12H3,(H,50,54)(H,51,55)/t40-,41-/m0/s1. The van der Waals surface area contributed by atoms with Crippen LogP contribution in [0.2, 0.25) is 0 Å². The highest BCUT2D eigenvalue weighted by molar-refractivity contribution is 6.80. The molecule has 0 heterocycles. The first-order valence-electron chi connectivity index (χ1n) is 21.0. The van der Waals surface area contributed by atoms with Crippen molar-refractivity contribution >= 4 is 63.0 Å². The number of hydrogen-bond donors (Lipinski definition) is 2. The molecule has 0 aromatic heterocycles. The van der Waals surface area contributed by atoms with Crippen LogP contribution < -0.4 is 31.4 Å². The molecule has 2 amide bonds. The van der Waals surface area contributed by atoms with Crippen LogP contribution in [0.5, 0.6) is 0 Å². The summed E-state index contributed by atoms with van der Waals surface area (Å²) in [5, 5.41) is 8.85. The van der Waals surface area contributed by atoms with Crippen molar-refractivity contribution in [2.24, 2.45) is 0 Å². The van der Waals surface area contributed by atoms with E-state index in [9.17, 15) is 19.2 Å². The molecule has 4 aromatic rings. The lowest BCUT2D eigenvalue weighted by Gasteiger charge is -2.25. The number of esters is 2. The van der Waals surface area contributed by atoms with E-state index < -0.39 is 72.3 Å². The summed E-state index contributed by atoms with van der Waals surface area (Å²) in [4.78, 5) is 53.5. The third-order valence-electron chi connectivity index (χ3n) is 9.24. The second-order valence-corrected chi connectivity index (χ2v) is 23.3. The number of alkyl carbamates (subject to hydrolysis) is 2. The topological polar surface area (TPSA) is 148 Å². The fourth-order valence-electron chi connectivity index (χ4n) is 6.01. The summed E-state index contributed by atoms with van der Waals surface area (Å²) >= 11 is 0. The predicted octanol–water partition coefficient (Wildman–Crippen LogP) is 6.06. The van der Waals surface area contributed by atoms with E-state index in [0.717, 1.165) is 31.9 Å². The Kier molecular flexibility index (Phi) is 17.5. The van der Waals surface area contributed by atoms with Gasteiger partial charge in [0.05, 0.1) is 13.2 Å². The van der Waals surface area contributed by atoms with Crippen LogP contribution in [0.1, 0.15) is 94.2 Å².